The fraction of sp³-hybridized carbons (Fsp3) is 0.0952. The van der Waals surface area contributed by atoms with Crippen LogP contribution in [0.25, 0.3) is 11.1 Å². The molecular formula is C21H18O3. The minimum atomic E-state index is -1.00. The number of benzene rings is 3. The van der Waals surface area contributed by atoms with Crippen molar-refractivity contribution in [3.05, 3.63) is 83.4 Å². The molecule has 24 heavy (non-hydrogen) atoms. The van der Waals surface area contributed by atoms with Gasteiger partial charge in [-0.25, -0.2) is 4.79 Å². The van der Waals surface area contributed by atoms with E-state index in [1.807, 2.05) is 74.5 Å². The molecule has 1 N–H and O–H groups in total. The maximum atomic E-state index is 11.6. The van der Waals surface area contributed by atoms with Crippen LogP contribution in [-0.4, -0.2) is 11.1 Å². The van der Waals surface area contributed by atoms with Gasteiger partial charge in [0.25, 0.3) is 0 Å². The van der Waals surface area contributed by atoms with Crippen molar-refractivity contribution in [3.63, 3.8) is 0 Å². The number of carboxylic acids is 1. The molecule has 0 spiro atoms. The minimum absolute atomic E-state index is 0.160. The summed E-state index contributed by atoms with van der Waals surface area (Å²) >= 11 is 0. The van der Waals surface area contributed by atoms with E-state index in [2.05, 4.69) is 0 Å². The first-order chi connectivity index (χ1) is 11.6. The quantitative estimate of drug-likeness (QED) is 0.694. The van der Waals surface area contributed by atoms with E-state index in [0.29, 0.717) is 11.5 Å². The molecule has 0 aromatic heterocycles. The van der Waals surface area contributed by atoms with E-state index in [0.717, 1.165) is 22.3 Å². The molecule has 0 unspecified atom stereocenters. The lowest BCUT2D eigenvalue weighted by atomic mass is 9.97. The van der Waals surface area contributed by atoms with Gasteiger partial charge in [0.05, 0.1) is 0 Å². The van der Waals surface area contributed by atoms with Crippen molar-refractivity contribution >= 4 is 5.97 Å². The Labute approximate surface area is 141 Å². The lowest BCUT2D eigenvalue weighted by molar-refractivity contribution is 0.0694. The van der Waals surface area contributed by atoms with Gasteiger partial charge in [-0.05, 0) is 43.2 Å². The Balaban J connectivity index is 2.11. The second-order valence-electron chi connectivity index (χ2n) is 5.70. The molecular weight excluding hydrogens is 300 g/mol. The summed E-state index contributed by atoms with van der Waals surface area (Å²) in [6.45, 7) is 3.88. The Morgan fingerprint density at radius 3 is 2.17 bits per heavy atom. The number of rotatable bonds is 4. The topological polar surface area (TPSA) is 46.5 Å². The summed E-state index contributed by atoms with van der Waals surface area (Å²) < 4.78 is 5.94. The zero-order chi connectivity index (χ0) is 17.1. The van der Waals surface area contributed by atoms with Crippen LogP contribution in [0.15, 0.2) is 66.7 Å². The molecule has 0 amide bonds. The van der Waals surface area contributed by atoms with Gasteiger partial charge >= 0.3 is 5.97 Å². The van der Waals surface area contributed by atoms with Crippen LogP contribution in [0.1, 0.15) is 21.5 Å². The number of ether oxygens (including phenoxy) is 1. The van der Waals surface area contributed by atoms with Crippen molar-refractivity contribution in [2.45, 2.75) is 13.8 Å². The van der Waals surface area contributed by atoms with Crippen LogP contribution >= 0.6 is 0 Å². The van der Waals surface area contributed by atoms with Crippen molar-refractivity contribution < 1.29 is 14.6 Å². The smallest absolute Gasteiger partial charge is 0.339 e. The van der Waals surface area contributed by atoms with Gasteiger partial charge in [-0.15, -0.1) is 0 Å². The van der Waals surface area contributed by atoms with Crippen molar-refractivity contribution in [2.24, 2.45) is 0 Å². The highest BCUT2D eigenvalue weighted by atomic mass is 16.5. The molecule has 3 aromatic rings. The van der Waals surface area contributed by atoms with Gasteiger partial charge in [0.2, 0.25) is 0 Å². The Morgan fingerprint density at radius 2 is 1.54 bits per heavy atom. The zero-order valence-electron chi connectivity index (χ0n) is 13.6. The molecule has 3 rings (SSSR count). The first-order valence-corrected chi connectivity index (χ1v) is 7.73. The summed E-state index contributed by atoms with van der Waals surface area (Å²) in [6, 6.07) is 20.9. The molecule has 3 heteroatoms. The third kappa shape index (κ3) is 3.15. The van der Waals surface area contributed by atoms with Gasteiger partial charge in [0.1, 0.15) is 17.1 Å². The monoisotopic (exact) mass is 318 g/mol. The molecule has 3 aromatic carbocycles. The van der Waals surface area contributed by atoms with E-state index in [9.17, 15) is 9.90 Å². The maximum absolute atomic E-state index is 11.6. The molecule has 0 saturated heterocycles. The largest absolute Gasteiger partial charge is 0.478 e. The molecule has 0 radical (unpaired) electrons. The molecule has 0 saturated carbocycles. The maximum Gasteiger partial charge on any atom is 0.339 e. The normalized spacial score (nSPS) is 10.4. The van der Waals surface area contributed by atoms with Crippen molar-refractivity contribution in [1.82, 2.24) is 0 Å². The minimum Gasteiger partial charge on any atom is -0.478 e. The van der Waals surface area contributed by atoms with Gasteiger partial charge in [-0.3, -0.25) is 0 Å². The molecule has 0 aliphatic heterocycles. The van der Waals surface area contributed by atoms with Crippen molar-refractivity contribution in [1.29, 1.82) is 0 Å². The first kappa shape index (κ1) is 15.8. The molecule has 0 heterocycles. The van der Waals surface area contributed by atoms with Crippen LogP contribution in [-0.2, 0) is 0 Å². The standard InChI is InChI=1S/C21H18O3/c1-14-8-10-17(11-9-14)24-20-15(2)18(12-13-19(20)21(22)23)16-6-4-3-5-7-16/h3-13H,1-2H3,(H,22,23). The fourth-order valence-corrected chi connectivity index (χ4v) is 2.65. The lowest BCUT2D eigenvalue weighted by Crippen LogP contribution is -2.03. The second-order valence-corrected chi connectivity index (χ2v) is 5.70. The highest BCUT2D eigenvalue weighted by molar-refractivity contribution is 5.93. The first-order valence-electron chi connectivity index (χ1n) is 7.73. The molecule has 0 bridgehead atoms. The summed E-state index contributed by atoms with van der Waals surface area (Å²) in [7, 11) is 0. The van der Waals surface area contributed by atoms with Crippen LogP contribution < -0.4 is 4.74 Å². The van der Waals surface area contributed by atoms with Gasteiger partial charge in [0.15, 0.2) is 0 Å². The summed E-state index contributed by atoms with van der Waals surface area (Å²) in [5, 5.41) is 9.49. The summed E-state index contributed by atoms with van der Waals surface area (Å²) in [5.74, 6) is 0.00365. The lowest BCUT2D eigenvalue weighted by Gasteiger charge is -2.15. The third-order valence-electron chi connectivity index (χ3n) is 3.96. The van der Waals surface area contributed by atoms with Crippen LogP contribution in [0.4, 0.5) is 0 Å². The zero-order valence-corrected chi connectivity index (χ0v) is 13.6. The van der Waals surface area contributed by atoms with Gasteiger partial charge < -0.3 is 9.84 Å². The number of carbonyl (C=O) groups is 1. The molecule has 0 aliphatic rings. The SMILES string of the molecule is Cc1ccc(Oc2c(C(=O)O)ccc(-c3ccccc3)c2C)cc1. The van der Waals surface area contributed by atoms with Gasteiger partial charge in [-0.2, -0.15) is 0 Å². The van der Waals surface area contributed by atoms with E-state index >= 15 is 0 Å². The summed E-state index contributed by atoms with van der Waals surface area (Å²) in [5.41, 5.74) is 4.08. The number of hydrogen-bond donors (Lipinski definition) is 1. The third-order valence-corrected chi connectivity index (χ3v) is 3.96. The molecule has 120 valence electrons. The van der Waals surface area contributed by atoms with Gasteiger partial charge in [0, 0.05) is 5.56 Å². The van der Waals surface area contributed by atoms with Crippen molar-refractivity contribution in [3.8, 4) is 22.6 Å². The van der Waals surface area contributed by atoms with E-state index in [-0.39, 0.29) is 5.56 Å². The highest BCUT2D eigenvalue weighted by Crippen LogP contribution is 2.36. The average Bonchev–Trinajstić information content (AvgIpc) is 2.59. The van der Waals surface area contributed by atoms with Crippen LogP contribution in [0.2, 0.25) is 0 Å². The molecule has 3 nitrogen and oxygen atoms in total. The summed E-state index contributed by atoms with van der Waals surface area (Å²) in [6.07, 6.45) is 0. The number of carboxylic acid groups (broad SMARTS) is 1. The fourth-order valence-electron chi connectivity index (χ4n) is 2.65. The number of aromatic carboxylic acids is 1. The van der Waals surface area contributed by atoms with Crippen molar-refractivity contribution in [2.75, 3.05) is 0 Å². The molecule has 0 aliphatic carbocycles. The van der Waals surface area contributed by atoms with E-state index < -0.39 is 5.97 Å². The molecule has 0 fully saturated rings. The van der Waals surface area contributed by atoms with Crippen LogP contribution in [0.3, 0.4) is 0 Å². The van der Waals surface area contributed by atoms with E-state index in [1.165, 1.54) is 0 Å². The van der Waals surface area contributed by atoms with E-state index in [1.54, 1.807) is 6.07 Å². The van der Waals surface area contributed by atoms with E-state index in [4.69, 9.17) is 4.74 Å². The van der Waals surface area contributed by atoms with Crippen LogP contribution in [0.5, 0.6) is 11.5 Å². The number of hydrogen-bond acceptors (Lipinski definition) is 2. The predicted molar refractivity (Wildman–Crippen MR) is 94.8 cm³/mol. The Kier molecular flexibility index (Phi) is 4.34. The molecule has 0 atom stereocenters. The van der Waals surface area contributed by atoms with Crippen LogP contribution in [0, 0.1) is 13.8 Å². The predicted octanol–water partition coefficient (Wildman–Crippen LogP) is 5.46. The second kappa shape index (κ2) is 6.59. The average molecular weight is 318 g/mol. The number of aryl methyl sites for hydroxylation is 1. The van der Waals surface area contributed by atoms with Gasteiger partial charge in [-0.1, -0.05) is 54.1 Å². The summed E-state index contributed by atoms with van der Waals surface area (Å²) in [4.78, 5) is 11.6. The Bertz CT molecular complexity index is 866. The Morgan fingerprint density at radius 1 is 0.875 bits per heavy atom. The highest BCUT2D eigenvalue weighted by Gasteiger charge is 2.18. The Hall–Kier alpha value is -3.07.